The lowest BCUT2D eigenvalue weighted by Crippen LogP contribution is -2.45. The Morgan fingerprint density at radius 1 is 1.17 bits per heavy atom. The van der Waals surface area contributed by atoms with E-state index in [1.807, 2.05) is 26.0 Å². The second-order valence-corrected chi connectivity index (χ2v) is 6.41. The molecule has 1 aliphatic rings. The summed E-state index contributed by atoms with van der Waals surface area (Å²) < 4.78 is 0. The molecule has 6 nitrogen and oxygen atoms in total. The second-order valence-electron chi connectivity index (χ2n) is 6.41. The summed E-state index contributed by atoms with van der Waals surface area (Å²) in [5.41, 5.74) is 3.54. The minimum absolute atomic E-state index is 0.0157. The molecule has 2 N–H and O–H groups in total. The van der Waals surface area contributed by atoms with Gasteiger partial charge in [0, 0.05) is 30.8 Å². The molecule has 1 amide bonds. The molecule has 1 fully saturated rings. The molecule has 24 heavy (non-hydrogen) atoms. The van der Waals surface area contributed by atoms with Gasteiger partial charge in [0.1, 0.15) is 0 Å². The lowest BCUT2D eigenvalue weighted by molar-refractivity contribution is 0.0931. The van der Waals surface area contributed by atoms with E-state index in [4.69, 9.17) is 0 Å². The first-order chi connectivity index (χ1) is 11.5. The summed E-state index contributed by atoms with van der Waals surface area (Å²) in [4.78, 5) is 25.9. The zero-order chi connectivity index (χ0) is 17.1. The van der Waals surface area contributed by atoms with Crippen molar-refractivity contribution in [3.8, 4) is 0 Å². The highest BCUT2D eigenvalue weighted by Crippen LogP contribution is 2.18. The quantitative estimate of drug-likeness (QED) is 0.901. The maximum absolute atomic E-state index is 12.4. The third-order valence-corrected chi connectivity index (χ3v) is 4.33. The maximum atomic E-state index is 12.4. The van der Waals surface area contributed by atoms with Crippen molar-refractivity contribution in [1.29, 1.82) is 0 Å². The van der Waals surface area contributed by atoms with Crippen molar-refractivity contribution in [2.75, 3.05) is 18.0 Å². The van der Waals surface area contributed by atoms with E-state index < -0.39 is 0 Å². The SMILES string of the molecule is Cc1cc(C)cc(C(=O)NC2CCN(c3cn[nH]c(=O)c3)CC2)c1. The fourth-order valence-electron chi connectivity index (χ4n) is 3.20. The molecule has 0 aliphatic carbocycles. The van der Waals surface area contributed by atoms with Gasteiger partial charge >= 0.3 is 0 Å². The number of carbonyl (C=O) groups is 1. The third kappa shape index (κ3) is 3.82. The number of anilines is 1. The van der Waals surface area contributed by atoms with Gasteiger partial charge in [0.25, 0.3) is 11.5 Å². The molecule has 1 aromatic heterocycles. The highest BCUT2D eigenvalue weighted by molar-refractivity contribution is 5.94. The Morgan fingerprint density at radius 3 is 2.46 bits per heavy atom. The molecule has 0 radical (unpaired) electrons. The molecule has 0 unspecified atom stereocenters. The van der Waals surface area contributed by atoms with Gasteiger partial charge in [0.2, 0.25) is 0 Å². The van der Waals surface area contributed by atoms with Crippen molar-refractivity contribution in [2.45, 2.75) is 32.7 Å². The lowest BCUT2D eigenvalue weighted by atomic mass is 10.0. The average Bonchev–Trinajstić information content (AvgIpc) is 2.54. The molecule has 1 aliphatic heterocycles. The van der Waals surface area contributed by atoms with Crippen molar-refractivity contribution < 1.29 is 4.79 Å². The minimum atomic E-state index is -0.197. The van der Waals surface area contributed by atoms with Gasteiger partial charge in [-0.1, -0.05) is 17.2 Å². The largest absolute Gasteiger partial charge is 0.370 e. The van der Waals surface area contributed by atoms with Gasteiger partial charge in [-0.05, 0) is 38.8 Å². The molecule has 0 saturated carbocycles. The maximum Gasteiger partial charge on any atom is 0.266 e. The van der Waals surface area contributed by atoms with E-state index in [2.05, 4.69) is 26.5 Å². The van der Waals surface area contributed by atoms with Crippen LogP contribution >= 0.6 is 0 Å². The number of H-pyrrole nitrogens is 1. The van der Waals surface area contributed by atoms with Gasteiger partial charge in [-0.2, -0.15) is 5.10 Å². The molecule has 6 heteroatoms. The Labute approximate surface area is 140 Å². The van der Waals surface area contributed by atoms with Crippen LogP contribution in [0.15, 0.2) is 35.3 Å². The number of nitrogens with zero attached hydrogens (tertiary/aromatic N) is 2. The summed E-state index contributed by atoms with van der Waals surface area (Å²) in [6.45, 7) is 5.58. The summed E-state index contributed by atoms with van der Waals surface area (Å²) in [7, 11) is 0. The number of nitrogens with one attached hydrogen (secondary N) is 2. The first kappa shape index (κ1) is 16.2. The zero-order valence-corrected chi connectivity index (χ0v) is 14.0. The van der Waals surface area contributed by atoms with Crippen LogP contribution in [0.2, 0.25) is 0 Å². The predicted molar refractivity (Wildman–Crippen MR) is 93.5 cm³/mol. The van der Waals surface area contributed by atoms with Gasteiger partial charge in [-0.3, -0.25) is 9.59 Å². The van der Waals surface area contributed by atoms with Crippen molar-refractivity contribution in [2.24, 2.45) is 0 Å². The molecule has 2 aromatic rings. The molecular weight excluding hydrogens is 304 g/mol. The minimum Gasteiger partial charge on any atom is -0.370 e. The number of rotatable bonds is 3. The fraction of sp³-hybridized carbons (Fsp3) is 0.389. The number of amides is 1. The van der Waals surface area contributed by atoms with Gasteiger partial charge in [0.15, 0.2) is 0 Å². The van der Waals surface area contributed by atoms with E-state index >= 15 is 0 Å². The highest BCUT2D eigenvalue weighted by Gasteiger charge is 2.21. The van der Waals surface area contributed by atoms with Crippen molar-refractivity contribution in [3.63, 3.8) is 0 Å². The standard InChI is InChI=1S/C18H22N4O2/c1-12-7-13(2)9-14(8-12)18(24)20-15-3-5-22(6-4-15)16-10-17(23)21-19-11-16/h7-11,15H,3-6H2,1-2H3,(H,20,24)(H,21,23). The number of aromatic amines is 1. The van der Waals surface area contributed by atoms with Crippen LogP contribution in [-0.4, -0.2) is 35.2 Å². The summed E-state index contributed by atoms with van der Waals surface area (Å²) in [6.07, 6.45) is 3.36. The van der Waals surface area contributed by atoms with Crippen LogP contribution < -0.4 is 15.8 Å². The summed E-state index contributed by atoms with van der Waals surface area (Å²) in [5, 5.41) is 9.34. The first-order valence-electron chi connectivity index (χ1n) is 8.20. The van der Waals surface area contributed by atoms with E-state index in [9.17, 15) is 9.59 Å². The smallest absolute Gasteiger partial charge is 0.266 e. The number of hydrogen-bond donors (Lipinski definition) is 2. The van der Waals surface area contributed by atoms with E-state index in [0.717, 1.165) is 42.7 Å². The molecule has 0 bridgehead atoms. The summed E-state index contributed by atoms with van der Waals surface area (Å²) in [6, 6.07) is 7.61. The molecule has 3 rings (SSSR count). The molecule has 0 atom stereocenters. The van der Waals surface area contributed by atoms with E-state index in [0.29, 0.717) is 5.56 Å². The predicted octanol–water partition coefficient (Wildman–Crippen LogP) is 1.79. The molecule has 1 aromatic carbocycles. The molecule has 126 valence electrons. The molecule has 0 spiro atoms. The van der Waals surface area contributed by atoms with Gasteiger partial charge in [-0.15, -0.1) is 0 Å². The van der Waals surface area contributed by atoms with Gasteiger partial charge in [0.05, 0.1) is 11.9 Å². The van der Waals surface area contributed by atoms with Crippen LogP contribution in [0.3, 0.4) is 0 Å². The lowest BCUT2D eigenvalue weighted by Gasteiger charge is -2.33. The number of aryl methyl sites for hydroxylation is 2. The molecule has 1 saturated heterocycles. The normalized spacial score (nSPS) is 15.3. The second kappa shape index (κ2) is 6.86. The van der Waals surface area contributed by atoms with Crippen molar-refractivity contribution in [3.05, 3.63) is 57.5 Å². The number of aromatic nitrogens is 2. The van der Waals surface area contributed by atoms with E-state index in [-0.39, 0.29) is 17.5 Å². The Kier molecular flexibility index (Phi) is 4.64. The number of hydrogen-bond acceptors (Lipinski definition) is 4. The monoisotopic (exact) mass is 326 g/mol. The van der Waals surface area contributed by atoms with Crippen molar-refractivity contribution in [1.82, 2.24) is 15.5 Å². The van der Waals surface area contributed by atoms with Crippen LogP contribution in [0.5, 0.6) is 0 Å². The van der Waals surface area contributed by atoms with Crippen LogP contribution in [0, 0.1) is 13.8 Å². The van der Waals surface area contributed by atoms with E-state index in [1.54, 1.807) is 12.3 Å². The van der Waals surface area contributed by atoms with Crippen molar-refractivity contribution >= 4 is 11.6 Å². The average molecular weight is 326 g/mol. The Balaban J connectivity index is 1.59. The van der Waals surface area contributed by atoms with Crippen LogP contribution in [0.4, 0.5) is 5.69 Å². The number of carbonyl (C=O) groups excluding carboxylic acids is 1. The third-order valence-electron chi connectivity index (χ3n) is 4.33. The van der Waals surface area contributed by atoms with E-state index in [1.165, 1.54) is 0 Å². The number of piperidine rings is 1. The molecule has 2 heterocycles. The Bertz CT molecular complexity index is 771. The summed E-state index contributed by atoms with van der Waals surface area (Å²) in [5.74, 6) is -0.0157. The van der Waals surface area contributed by atoms with Crippen LogP contribution in [-0.2, 0) is 0 Å². The molecular formula is C18H22N4O2. The topological polar surface area (TPSA) is 78.1 Å². The van der Waals surface area contributed by atoms with Gasteiger partial charge < -0.3 is 10.2 Å². The van der Waals surface area contributed by atoms with Gasteiger partial charge in [-0.25, -0.2) is 5.10 Å². The highest BCUT2D eigenvalue weighted by atomic mass is 16.1. The summed E-state index contributed by atoms with van der Waals surface area (Å²) >= 11 is 0. The van der Waals surface area contributed by atoms with Crippen LogP contribution in [0.1, 0.15) is 34.3 Å². The Hall–Kier alpha value is -2.63. The first-order valence-corrected chi connectivity index (χ1v) is 8.20. The zero-order valence-electron chi connectivity index (χ0n) is 14.0. The Morgan fingerprint density at radius 2 is 1.83 bits per heavy atom. The fourth-order valence-corrected chi connectivity index (χ4v) is 3.20. The van der Waals surface area contributed by atoms with Crippen LogP contribution in [0.25, 0.3) is 0 Å². The number of benzene rings is 1.